The van der Waals surface area contributed by atoms with Gasteiger partial charge in [0.15, 0.2) is 0 Å². The summed E-state index contributed by atoms with van der Waals surface area (Å²) in [5.41, 5.74) is 3.50. The lowest BCUT2D eigenvalue weighted by Gasteiger charge is -2.04. The number of hydrogen-bond donors (Lipinski definition) is 0. The van der Waals surface area contributed by atoms with Crippen LogP contribution in [0.25, 0.3) is 0 Å². The van der Waals surface area contributed by atoms with E-state index in [4.69, 9.17) is 4.74 Å². The van der Waals surface area contributed by atoms with Gasteiger partial charge in [-0.05, 0) is 61.2 Å². The van der Waals surface area contributed by atoms with E-state index in [0.717, 1.165) is 36.3 Å². The molecule has 0 amide bonds. The summed E-state index contributed by atoms with van der Waals surface area (Å²) in [5, 5.41) is 0. The summed E-state index contributed by atoms with van der Waals surface area (Å²) in [6.45, 7) is 5.20. The molecular formula is C24H30O. The van der Waals surface area contributed by atoms with Gasteiger partial charge in [0.05, 0.1) is 6.61 Å². The quantitative estimate of drug-likeness (QED) is 0.381. The van der Waals surface area contributed by atoms with E-state index in [2.05, 4.69) is 50.0 Å². The van der Waals surface area contributed by atoms with Gasteiger partial charge in [-0.3, -0.25) is 0 Å². The van der Waals surface area contributed by atoms with Gasteiger partial charge in [-0.2, -0.15) is 0 Å². The van der Waals surface area contributed by atoms with Crippen molar-refractivity contribution < 1.29 is 4.74 Å². The maximum atomic E-state index is 5.68. The van der Waals surface area contributed by atoms with Crippen LogP contribution in [-0.4, -0.2) is 6.61 Å². The average Bonchev–Trinajstić information content (AvgIpc) is 2.66. The van der Waals surface area contributed by atoms with E-state index in [1.165, 1.54) is 37.7 Å². The zero-order chi connectivity index (χ0) is 17.7. The van der Waals surface area contributed by atoms with Gasteiger partial charge in [-0.25, -0.2) is 0 Å². The molecule has 2 aromatic carbocycles. The van der Waals surface area contributed by atoms with Crippen molar-refractivity contribution in [3.8, 4) is 17.6 Å². The van der Waals surface area contributed by atoms with Gasteiger partial charge in [-0.15, -0.1) is 0 Å². The number of ether oxygens (including phenoxy) is 1. The van der Waals surface area contributed by atoms with Gasteiger partial charge in [0.2, 0.25) is 0 Å². The van der Waals surface area contributed by atoms with E-state index in [0.29, 0.717) is 0 Å². The fraction of sp³-hybridized carbons (Fsp3) is 0.417. The topological polar surface area (TPSA) is 9.23 Å². The van der Waals surface area contributed by atoms with Crippen molar-refractivity contribution in [2.75, 3.05) is 6.61 Å². The van der Waals surface area contributed by atoms with E-state index in [-0.39, 0.29) is 0 Å². The van der Waals surface area contributed by atoms with Crippen LogP contribution in [0.15, 0.2) is 48.5 Å². The van der Waals surface area contributed by atoms with E-state index in [1.807, 2.05) is 24.3 Å². The number of rotatable bonds is 9. The molecule has 0 aliphatic rings. The predicted molar refractivity (Wildman–Crippen MR) is 107 cm³/mol. The highest BCUT2D eigenvalue weighted by atomic mass is 16.5. The van der Waals surface area contributed by atoms with E-state index < -0.39 is 0 Å². The molecule has 0 radical (unpaired) electrons. The maximum Gasteiger partial charge on any atom is 0.119 e. The Morgan fingerprint density at radius 2 is 1.28 bits per heavy atom. The smallest absolute Gasteiger partial charge is 0.119 e. The van der Waals surface area contributed by atoms with Crippen molar-refractivity contribution in [3.63, 3.8) is 0 Å². The number of aryl methyl sites for hydroxylation is 1. The molecule has 0 saturated carbocycles. The second-order valence-corrected chi connectivity index (χ2v) is 6.48. The summed E-state index contributed by atoms with van der Waals surface area (Å²) in [6, 6.07) is 16.7. The monoisotopic (exact) mass is 334 g/mol. The minimum Gasteiger partial charge on any atom is -0.494 e. The molecule has 0 fully saturated rings. The molecule has 0 bridgehead atoms. The van der Waals surface area contributed by atoms with E-state index >= 15 is 0 Å². The van der Waals surface area contributed by atoms with Gasteiger partial charge in [0.1, 0.15) is 5.75 Å². The highest BCUT2D eigenvalue weighted by molar-refractivity contribution is 5.44. The molecule has 0 aliphatic heterocycles. The molecule has 1 heteroatoms. The Labute approximate surface area is 153 Å². The molecule has 0 N–H and O–H groups in total. The Hall–Kier alpha value is -2.20. The number of benzene rings is 2. The molecule has 2 rings (SSSR count). The summed E-state index contributed by atoms with van der Waals surface area (Å²) in [7, 11) is 0. The highest BCUT2D eigenvalue weighted by Crippen LogP contribution is 2.13. The maximum absolute atomic E-state index is 5.68. The van der Waals surface area contributed by atoms with Gasteiger partial charge in [0, 0.05) is 11.1 Å². The largest absolute Gasteiger partial charge is 0.494 e. The Morgan fingerprint density at radius 1 is 0.680 bits per heavy atom. The van der Waals surface area contributed by atoms with E-state index in [1.54, 1.807) is 0 Å². The minimum atomic E-state index is 0.784. The molecule has 0 saturated heterocycles. The Balaban J connectivity index is 1.85. The van der Waals surface area contributed by atoms with Gasteiger partial charge >= 0.3 is 0 Å². The van der Waals surface area contributed by atoms with Crippen molar-refractivity contribution in [3.05, 3.63) is 65.2 Å². The molecule has 0 spiro atoms. The van der Waals surface area contributed by atoms with Gasteiger partial charge in [0.25, 0.3) is 0 Å². The zero-order valence-corrected chi connectivity index (χ0v) is 15.7. The fourth-order valence-corrected chi connectivity index (χ4v) is 2.62. The average molecular weight is 335 g/mol. The fourth-order valence-electron chi connectivity index (χ4n) is 2.62. The van der Waals surface area contributed by atoms with Gasteiger partial charge in [-0.1, -0.05) is 63.5 Å². The Morgan fingerprint density at radius 3 is 1.88 bits per heavy atom. The first-order valence-electron chi connectivity index (χ1n) is 9.65. The molecule has 2 aromatic rings. The first kappa shape index (κ1) is 19.1. The third kappa shape index (κ3) is 7.48. The molecule has 0 unspecified atom stereocenters. The van der Waals surface area contributed by atoms with Crippen molar-refractivity contribution in [1.29, 1.82) is 0 Å². The third-order valence-corrected chi connectivity index (χ3v) is 4.25. The second-order valence-electron chi connectivity index (χ2n) is 6.48. The normalized spacial score (nSPS) is 10.2. The highest BCUT2D eigenvalue weighted by Gasteiger charge is 1.95. The molecule has 132 valence electrons. The summed E-state index contributed by atoms with van der Waals surface area (Å²) in [4.78, 5) is 0. The predicted octanol–water partition coefficient (Wildman–Crippen LogP) is 6.39. The summed E-state index contributed by atoms with van der Waals surface area (Å²) >= 11 is 0. The van der Waals surface area contributed by atoms with Crippen LogP contribution in [-0.2, 0) is 6.42 Å². The van der Waals surface area contributed by atoms with Crippen LogP contribution >= 0.6 is 0 Å². The lowest BCUT2D eigenvalue weighted by atomic mass is 10.0. The molecular weight excluding hydrogens is 304 g/mol. The lowest BCUT2D eigenvalue weighted by molar-refractivity contribution is 0.309. The Bertz CT molecular complexity index is 656. The van der Waals surface area contributed by atoms with E-state index in [9.17, 15) is 0 Å². The van der Waals surface area contributed by atoms with Crippen LogP contribution in [0.4, 0.5) is 0 Å². The van der Waals surface area contributed by atoms with Crippen molar-refractivity contribution >= 4 is 0 Å². The molecule has 25 heavy (non-hydrogen) atoms. The van der Waals surface area contributed by atoms with Crippen molar-refractivity contribution in [2.45, 2.75) is 58.8 Å². The van der Waals surface area contributed by atoms with Crippen molar-refractivity contribution in [2.24, 2.45) is 0 Å². The summed E-state index contributed by atoms with van der Waals surface area (Å²) in [6.07, 6.45) is 8.67. The number of unbranched alkanes of at least 4 members (excludes halogenated alkanes) is 4. The zero-order valence-electron chi connectivity index (χ0n) is 15.7. The first-order chi connectivity index (χ1) is 12.3. The lowest BCUT2D eigenvalue weighted by Crippen LogP contribution is -1.95. The molecule has 0 aromatic heterocycles. The summed E-state index contributed by atoms with van der Waals surface area (Å²) < 4.78 is 5.68. The van der Waals surface area contributed by atoms with Crippen LogP contribution in [0.2, 0.25) is 0 Å². The van der Waals surface area contributed by atoms with Crippen LogP contribution in [0.1, 0.15) is 69.1 Å². The molecule has 0 atom stereocenters. The minimum absolute atomic E-state index is 0.784. The Kier molecular flexibility index (Phi) is 8.70. The van der Waals surface area contributed by atoms with Crippen LogP contribution in [0, 0.1) is 11.8 Å². The van der Waals surface area contributed by atoms with Crippen molar-refractivity contribution in [1.82, 2.24) is 0 Å². The van der Waals surface area contributed by atoms with Crippen LogP contribution in [0.5, 0.6) is 5.75 Å². The van der Waals surface area contributed by atoms with Crippen LogP contribution in [0.3, 0.4) is 0 Å². The molecule has 0 heterocycles. The van der Waals surface area contributed by atoms with Gasteiger partial charge < -0.3 is 4.74 Å². The summed E-state index contributed by atoms with van der Waals surface area (Å²) in [5.74, 6) is 7.40. The molecule has 0 aliphatic carbocycles. The third-order valence-electron chi connectivity index (χ3n) is 4.25. The number of hydrogen-bond acceptors (Lipinski definition) is 1. The van der Waals surface area contributed by atoms with Crippen LogP contribution < -0.4 is 4.74 Å². The standard InChI is InChI=1S/C24H30O/c1-3-5-7-8-9-21-10-12-22(13-11-21)14-15-23-16-18-24(19-17-23)25-20-6-4-2/h10-13,16-19H,3-9,20H2,1-2H3. The first-order valence-corrected chi connectivity index (χ1v) is 9.65. The SMILES string of the molecule is CCCCCCc1ccc(C#Cc2ccc(OCCCC)cc2)cc1. The second kappa shape index (κ2) is 11.4. The molecule has 1 nitrogen and oxygen atoms in total.